The Morgan fingerprint density at radius 1 is 1.07 bits per heavy atom. The van der Waals surface area contributed by atoms with Gasteiger partial charge in [-0.05, 0) is 36.8 Å². The molecule has 6 nitrogen and oxygen atoms in total. The van der Waals surface area contributed by atoms with E-state index in [-0.39, 0.29) is 15.6 Å². The molecule has 1 aromatic heterocycles. The normalized spacial score (nSPS) is 10.6. The number of anilines is 1. The molecule has 0 saturated carbocycles. The highest BCUT2D eigenvalue weighted by molar-refractivity contribution is 7.92. The van der Waals surface area contributed by atoms with Crippen molar-refractivity contribution in [1.82, 2.24) is 0 Å². The Hall–Kier alpha value is -3.28. The van der Waals surface area contributed by atoms with E-state index in [1.807, 2.05) is 30.3 Å². The third-order valence-electron chi connectivity index (χ3n) is 3.61. The van der Waals surface area contributed by atoms with Crippen LogP contribution in [-0.2, 0) is 10.0 Å². The maximum Gasteiger partial charge on any atom is 0.512 e. The number of thiophene rings is 1. The Morgan fingerprint density at radius 3 is 2.43 bits per heavy atom. The standard InChI is InChI=1S/C20H15NO5S2/c1-14-7-5-6-10-18(14)28(24,25)21-17-13-16(27-19(17)26-20(22)23)12-11-15-8-3-2-4-9-15/h2-10,13,21H,1H3,(H,22,23). The monoisotopic (exact) mass is 413 g/mol. The summed E-state index contributed by atoms with van der Waals surface area (Å²) in [7, 11) is -3.92. The molecule has 2 aromatic carbocycles. The van der Waals surface area contributed by atoms with Crippen molar-refractivity contribution in [3.8, 4) is 16.9 Å². The molecule has 3 aromatic rings. The SMILES string of the molecule is Cc1ccccc1S(=O)(=O)Nc1cc(C#Cc2ccccc2)sc1OC(=O)O. The molecule has 0 bridgehead atoms. The summed E-state index contributed by atoms with van der Waals surface area (Å²) in [4.78, 5) is 11.5. The molecule has 3 rings (SSSR count). The van der Waals surface area contributed by atoms with E-state index in [0.717, 1.165) is 16.9 Å². The van der Waals surface area contributed by atoms with Gasteiger partial charge in [0.2, 0.25) is 5.06 Å². The third-order valence-corrected chi connectivity index (χ3v) is 6.06. The zero-order valence-corrected chi connectivity index (χ0v) is 16.3. The van der Waals surface area contributed by atoms with Gasteiger partial charge in [-0.2, -0.15) is 0 Å². The first-order valence-electron chi connectivity index (χ1n) is 8.05. The number of aryl methyl sites for hydroxylation is 1. The van der Waals surface area contributed by atoms with Gasteiger partial charge in [-0.25, -0.2) is 13.2 Å². The molecule has 0 aliphatic rings. The second kappa shape index (κ2) is 8.17. The number of sulfonamides is 1. The summed E-state index contributed by atoms with van der Waals surface area (Å²) in [5.74, 6) is 5.83. The third kappa shape index (κ3) is 4.71. The average molecular weight is 413 g/mol. The molecule has 0 radical (unpaired) electrons. The highest BCUT2D eigenvalue weighted by Crippen LogP contribution is 2.36. The minimum absolute atomic E-state index is 0.0213. The van der Waals surface area contributed by atoms with Crippen LogP contribution in [0.2, 0.25) is 0 Å². The first-order valence-corrected chi connectivity index (χ1v) is 10.4. The maximum atomic E-state index is 12.7. The molecule has 0 saturated heterocycles. The summed E-state index contributed by atoms with van der Waals surface area (Å²) in [5.41, 5.74) is 1.36. The maximum absolute atomic E-state index is 12.7. The number of carbonyl (C=O) groups is 1. The molecule has 0 aliphatic carbocycles. The Kier molecular flexibility index (Phi) is 5.68. The van der Waals surface area contributed by atoms with Crippen LogP contribution in [0, 0.1) is 18.8 Å². The van der Waals surface area contributed by atoms with Crippen molar-refractivity contribution in [2.75, 3.05) is 4.72 Å². The van der Waals surface area contributed by atoms with E-state index in [0.29, 0.717) is 10.4 Å². The number of hydrogen-bond donors (Lipinski definition) is 2. The van der Waals surface area contributed by atoms with Gasteiger partial charge in [0.15, 0.2) is 0 Å². The van der Waals surface area contributed by atoms with Crippen LogP contribution in [0.25, 0.3) is 0 Å². The van der Waals surface area contributed by atoms with Gasteiger partial charge < -0.3 is 9.84 Å². The van der Waals surface area contributed by atoms with Crippen LogP contribution in [0.15, 0.2) is 65.6 Å². The quantitative estimate of drug-likeness (QED) is 0.491. The Morgan fingerprint density at radius 2 is 1.75 bits per heavy atom. The number of benzene rings is 2. The predicted molar refractivity (Wildman–Crippen MR) is 107 cm³/mol. The Balaban J connectivity index is 1.96. The van der Waals surface area contributed by atoms with Crippen LogP contribution in [0.4, 0.5) is 10.5 Å². The van der Waals surface area contributed by atoms with Gasteiger partial charge in [0.1, 0.15) is 5.69 Å². The van der Waals surface area contributed by atoms with Crippen LogP contribution in [0.5, 0.6) is 5.06 Å². The zero-order valence-electron chi connectivity index (χ0n) is 14.7. The van der Waals surface area contributed by atoms with Gasteiger partial charge in [-0.1, -0.05) is 59.6 Å². The molecule has 0 atom stereocenters. The van der Waals surface area contributed by atoms with E-state index in [9.17, 15) is 13.2 Å². The van der Waals surface area contributed by atoms with Crippen LogP contribution >= 0.6 is 11.3 Å². The van der Waals surface area contributed by atoms with Gasteiger partial charge >= 0.3 is 6.16 Å². The molecule has 0 amide bonds. The van der Waals surface area contributed by atoms with E-state index in [1.165, 1.54) is 12.1 Å². The summed E-state index contributed by atoms with van der Waals surface area (Å²) in [5, 5.41) is 8.84. The highest BCUT2D eigenvalue weighted by Gasteiger charge is 2.21. The lowest BCUT2D eigenvalue weighted by molar-refractivity contribution is 0.146. The smallest absolute Gasteiger partial charge is 0.449 e. The number of ether oxygens (including phenoxy) is 1. The lowest BCUT2D eigenvalue weighted by Crippen LogP contribution is -2.15. The number of rotatable bonds is 4. The molecular weight excluding hydrogens is 398 g/mol. The molecule has 0 spiro atoms. The summed E-state index contributed by atoms with van der Waals surface area (Å²) in [6, 6.07) is 17.2. The van der Waals surface area contributed by atoms with E-state index in [1.54, 1.807) is 25.1 Å². The lowest BCUT2D eigenvalue weighted by Gasteiger charge is -2.09. The zero-order chi connectivity index (χ0) is 20.1. The van der Waals surface area contributed by atoms with Gasteiger partial charge in [0.25, 0.3) is 10.0 Å². The number of hydrogen-bond acceptors (Lipinski definition) is 5. The lowest BCUT2D eigenvalue weighted by atomic mass is 10.2. The molecule has 0 unspecified atom stereocenters. The molecule has 2 N–H and O–H groups in total. The molecule has 0 fully saturated rings. The topological polar surface area (TPSA) is 92.7 Å². The molecular formula is C20H15NO5S2. The summed E-state index contributed by atoms with van der Waals surface area (Å²) in [6.07, 6.45) is -1.54. The highest BCUT2D eigenvalue weighted by atomic mass is 32.2. The van der Waals surface area contributed by atoms with Crippen molar-refractivity contribution in [3.63, 3.8) is 0 Å². The first kappa shape index (κ1) is 19.5. The minimum Gasteiger partial charge on any atom is -0.449 e. The first-order chi connectivity index (χ1) is 13.3. The number of nitrogens with one attached hydrogen (secondary N) is 1. The molecule has 8 heteroatoms. The van der Waals surface area contributed by atoms with Gasteiger partial charge in [-0.3, -0.25) is 4.72 Å². The van der Waals surface area contributed by atoms with Gasteiger partial charge in [0.05, 0.1) is 9.77 Å². The Labute approximate surface area is 166 Å². The fraction of sp³-hybridized carbons (Fsp3) is 0.0500. The predicted octanol–water partition coefficient (Wildman–Crippen LogP) is 4.31. The average Bonchev–Trinajstić information content (AvgIpc) is 3.01. The van der Waals surface area contributed by atoms with Crippen molar-refractivity contribution in [2.45, 2.75) is 11.8 Å². The van der Waals surface area contributed by atoms with E-state index in [2.05, 4.69) is 16.6 Å². The molecule has 0 aliphatic heterocycles. The van der Waals surface area contributed by atoms with Crippen molar-refractivity contribution < 1.29 is 23.1 Å². The van der Waals surface area contributed by atoms with E-state index in [4.69, 9.17) is 9.84 Å². The minimum atomic E-state index is -3.92. The van der Waals surface area contributed by atoms with Crippen LogP contribution in [0.1, 0.15) is 16.0 Å². The second-order valence-corrected chi connectivity index (χ2v) is 8.33. The van der Waals surface area contributed by atoms with Crippen LogP contribution < -0.4 is 9.46 Å². The fourth-order valence-electron chi connectivity index (χ4n) is 2.38. The van der Waals surface area contributed by atoms with Gasteiger partial charge in [-0.15, -0.1) is 0 Å². The van der Waals surface area contributed by atoms with Crippen molar-refractivity contribution >= 4 is 33.2 Å². The summed E-state index contributed by atoms with van der Waals surface area (Å²) < 4.78 is 32.5. The van der Waals surface area contributed by atoms with Crippen LogP contribution in [-0.4, -0.2) is 19.7 Å². The largest absolute Gasteiger partial charge is 0.512 e. The molecule has 1 heterocycles. The molecule has 28 heavy (non-hydrogen) atoms. The van der Waals surface area contributed by atoms with Crippen molar-refractivity contribution in [3.05, 3.63) is 76.7 Å². The summed E-state index contributed by atoms with van der Waals surface area (Å²) >= 11 is 0.944. The number of carboxylic acid groups (broad SMARTS) is 1. The second-order valence-electron chi connectivity index (χ2n) is 5.67. The van der Waals surface area contributed by atoms with Crippen LogP contribution in [0.3, 0.4) is 0 Å². The Bertz CT molecular complexity index is 1170. The summed E-state index contributed by atoms with van der Waals surface area (Å²) in [6.45, 7) is 1.67. The fourth-order valence-corrected chi connectivity index (χ4v) is 4.55. The van der Waals surface area contributed by atoms with Gasteiger partial charge in [0, 0.05) is 5.56 Å². The van der Waals surface area contributed by atoms with E-state index < -0.39 is 16.2 Å². The van der Waals surface area contributed by atoms with E-state index >= 15 is 0 Å². The van der Waals surface area contributed by atoms with Crippen molar-refractivity contribution in [2.24, 2.45) is 0 Å². The van der Waals surface area contributed by atoms with Crippen molar-refractivity contribution in [1.29, 1.82) is 0 Å². The molecule has 142 valence electrons.